The number of carboxylic acids is 1. The molecule has 0 aliphatic heterocycles. The highest BCUT2D eigenvalue weighted by Crippen LogP contribution is 2.23. The number of nitrogens with two attached hydrogens (primary N) is 2. The predicted molar refractivity (Wildman–Crippen MR) is 60.1 cm³/mol. The zero-order valence-electron chi connectivity index (χ0n) is 7.98. The molecule has 0 amide bonds. The van der Waals surface area contributed by atoms with Crippen LogP contribution in [0.25, 0.3) is 0 Å². The Hall–Kier alpha value is -1.14. The zero-order chi connectivity index (χ0) is 11.4. The second-order valence-electron chi connectivity index (χ2n) is 3.17. The fourth-order valence-electron chi connectivity index (χ4n) is 1.20. The molecular formula is C9H12BrN3O2. The van der Waals surface area contributed by atoms with Gasteiger partial charge in [-0.2, -0.15) is 0 Å². The van der Waals surface area contributed by atoms with Crippen LogP contribution in [0.1, 0.15) is 24.4 Å². The maximum absolute atomic E-state index is 10.4. The Morgan fingerprint density at radius 2 is 2.33 bits per heavy atom. The number of nitrogen functional groups attached to an aromatic ring is 1. The minimum Gasteiger partial charge on any atom is -0.481 e. The van der Waals surface area contributed by atoms with Crippen LogP contribution in [0.3, 0.4) is 0 Å². The molecule has 1 rings (SSSR count). The van der Waals surface area contributed by atoms with Crippen molar-refractivity contribution in [3.63, 3.8) is 0 Å². The standard InChI is InChI=1S/C9H12BrN3O2/c10-5-3-6(9(12)13-4-5)7(11)1-2-8(14)15/h3-4,7H,1-2,11H2,(H2,12,13)(H,14,15). The summed E-state index contributed by atoms with van der Waals surface area (Å²) in [5.74, 6) is -0.525. The minimum atomic E-state index is -0.869. The number of halogens is 1. The Labute approximate surface area is 95.6 Å². The third-order valence-electron chi connectivity index (χ3n) is 1.98. The van der Waals surface area contributed by atoms with Gasteiger partial charge in [0.1, 0.15) is 5.82 Å². The lowest BCUT2D eigenvalue weighted by atomic mass is 10.0. The highest BCUT2D eigenvalue weighted by molar-refractivity contribution is 9.10. The summed E-state index contributed by atoms with van der Waals surface area (Å²) in [6.07, 6.45) is 1.94. The molecule has 0 spiro atoms. The summed E-state index contributed by atoms with van der Waals surface area (Å²) < 4.78 is 0.775. The first-order valence-electron chi connectivity index (χ1n) is 4.39. The average Bonchev–Trinajstić information content (AvgIpc) is 2.18. The van der Waals surface area contributed by atoms with E-state index in [1.807, 2.05) is 0 Å². The van der Waals surface area contributed by atoms with Crippen molar-refractivity contribution in [3.05, 3.63) is 22.3 Å². The van der Waals surface area contributed by atoms with E-state index in [2.05, 4.69) is 20.9 Å². The van der Waals surface area contributed by atoms with E-state index in [4.69, 9.17) is 16.6 Å². The Kier molecular flexibility index (Phi) is 4.05. The molecule has 0 saturated carbocycles. The van der Waals surface area contributed by atoms with Crippen LogP contribution >= 0.6 is 15.9 Å². The molecule has 15 heavy (non-hydrogen) atoms. The van der Waals surface area contributed by atoms with Crippen molar-refractivity contribution in [2.45, 2.75) is 18.9 Å². The number of hydrogen-bond donors (Lipinski definition) is 3. The molecule has 82 valence electrons. The first-order chi connectivity index (χ1) is 7.00. The summed E-state index contributed by atoms with van der Waals surface area (Å²) in [7, 11) is 0. The summed E-state index contributed by atoms with van der Waals surface area (Å²) >= 11 is 3.25. The van der Waals surface area contributed by atoms with Crippen molar-refractivity contribution in [2.75, 3.05) is 5.73 Å². The monoisotopic (exact) mass is 273 g/mol. The molecule has 0 aromatic carbocycles. The molecular weight excluding hydrogens is 262 g/mol. The molecule has 1 aromatic rings. The van der Waals surface area contributed by atoms with Crippen molar-refractivity contribution in [1.82, 2.24) is 4.98 Å². The Morgan fingerprint density at radius 1 is 1.67 bits per heavy atom. The van der Waals surface area contributed by atoms with Crippen LogP contribution in [0.5, 0.6) is 0 Å². The lowest BCUT2D eigenvalue weighted by molar-refractivity contribution is -0.137. The van der Waals surface area contributed by atoms with Gasteiger partial charge in [0.2, 0.25) is 0 Å². The van der Waals surface area contributed by atoms with E-state index >= 15 is 0 Å². The summed E-state index contributed by atoms with van der Waals surface area (Å²) in [6, 6.07) is 1.36. The van der Waals surface area contributed by atoms with Crippen molar-refractivity contribution in [1.29, 1.82) is 0 Å². The third-order valence-corrected chi connectivity index (χ3v) is 2.42. The van der Waals surface area contributed by atoms with E-state index in [9.17, 15) is 4.79 Å². The fraction of sp³-hybridized carbons (Fsp3) is 0.333. The molecule has 1 aromatic heterocycles. The maximum Gasteiger partial charge on any atom is 0.303 e. The highest BCUT2D eigenvalue weighted by Gasteiger charge is 2.12. The number of rotatable bonds is 4. The molecule has 0 bridgehead atoms. The summed E-state index contributed by atoms with van der Waals surface area (Å²) in [5, 5.41) is 8.52. The molecule has 5 N–H and O–H groups in total. The molecule has 0 aliphatic carbocycles. The number of carboxylic acid groups (broad SMARTS) is 1. The average molecular weight is 274 g/mol. The lowest BCUT2D eigenvalue weighted by Gasteiger charge is -2.12. The molecule has 1 atom stereocenters. The van der Waals surface area contributed by atoms with Crippen molar-refractivity contribution in [3.8, 4) is 0 Å². The smallest absolute Gasteiger partial charge is 0.303 e. The molecule has 1 unspecified atom stereocenters. The zero-order valence-corrected chi connectivity index (χ0v) is 9.57. The summed E-state index contributed by atoms with van der Waals surface area (Å²) in [5.41, 5.74) is 12.1. The lowest BCUT2D eigenvalue weighted by Crippen LogP contribution is -2.14. The number of carbonyl (C=O) groups is 1. The molecule has 0 saturated heterocycles. The predicted octanol–water partition coefficient (Wildman–Crippen LogP) is 1.29. The fourth-order valence-corrected chi connectivity index (χ4v) is 1.55. The first-order valence-corrected chi connectivity index (χ1v) is 5.18. The molecule has 0 radical (unpaired) electrons. The topological polar surface area (TPSA) is 102 Å². The van der Waals surface area contributed by atoms with E-state index < -0.39 is 12.0 Å². The highest BCUT2D eigenvalue weighted by atomic mass is 79.9. The van der Waals surface area contributed by atoms with Crippen LogP contribution in [0.2, 0.25) is 0 Å². The van der Waals surface area contributed by atoms with Crippen LogP contribution in [-0.4, -0.2) is 16.1 Å². The largest absolute Gasteiger partial charge is 0.481 e. The van der Waals surface area contributed by atoms with Crippen LogP contribution in [0.15, 0.2) is 16.7 Å². The SMILES string of the molecule is Nc1ncc(Br)cc1C(N)CCC(=O)O. The Bertz CT molecular complexity index is 370. The molecule has 6 heteroatoms. The molecule has 0 aliphatic rings. The maximum atomic E-state index is 10.4. The van der Waals surface area contributed by atoms with Gasteiger partial charge in [-0.25, -0.2) is 4.98 Å². The van der Waals surface area contributed by atoms with Crippen LogP contribution in [0.4, 0.5) is 5.82 Å². The van der Waals surface area contributed by atoms with Gasteiger partial charge in [-0.3, -0.25) is 4.79 Å². The normalized spacial score (nSPS) is 12.4. The van der Waals surface area contributed by atoms with Crippen molar-refractivity contribution in [2.24, 2.45) is 5.73 Å². The second kappa shape index (κ2) is 5.09. The Morgan fingerprint density at radius 3 is 2.93 bits per heavy atom. The number of hydrogen-bond acceptors (Lipinski definition) is 4. The van der Waals surface area contributed by atoms with Crippen molar-refractivity contribution >= 4 is 27.7 Å². The van der Waals surface area contributed by atoms with Crippen LogP contribution in [-0.2, 0) is 4.79 Å². The van der Waals surface area contributed by atoms with Gasteiger partial charge in [0.05, 0.1) is 0 Å². The van der Waals surface area contributed by atoms with E-state index in [0.717, 1.165) is 4.47 Å². The van der Waals surface area contributed by atoms with Gasteiger partial charge in [0.25, 0.3) is 0 Å². The van der Waals surface area contributed by atoms with E-state index in [1.165, 1.54) is 0 Å². The third kappa shape index (κ3) is 3.49. The van der Waals surface area contributed by atoms with Crippen LogP contribution in [0, 0.1) is 0 Å². The van der Waals surface area contributed by atoms with Gasteiger partial charge in [0.15, 0.2) is 0 Å². The van der Waals surface area contributed by atoms with Gasteiger partial charge in [-0.05, 0) is 28.4 Å². The second-order valence-corrected chi connectivity index (χ2v) is 4.08. The van der Waals surface area contributed by atoms with Gasteiger partial charge in [-0.1, -0.05) is 0 Å². The number of anilines is 1. The molecule has 5 nitrogen and oxygen atoms in total. The van der Waals surface area contributed by atoms with Gasteiger partial charge in [-0.15, -0.1) is 0 Å². The number of pyridine rings is 1. The van der Waals surface area contributed by atoms with Crippen molar-refractivity contribution < 1.29 is 9.90 Å². The Balaban J connectivity index is 2.76. The number of aromatic nitrogens is 1. The number of aliphatic carboxylic acids is 1. The summed E-state index contributed by atoms with van der Waals surface area (Å²) in [6.45, 7) is 0. The molecule has 1 heterocycles. The molecule has 0 fully saturated rings. The van der Waals surface area contributed by atoms with Gasteiger partial charge >= 0.3 is 5.97 Å². The number of nitrogens with zero attached hydrogens (tertiary/aromatic N) is 1. The summed E-state index contributed by atoms with van der Waals surface area (Å²) in [4.78, 5) is 14.3. The van der Waals surface area contributed by atoms with Crippen LogP contribution < -0.4 is 11.5 Å². The minimum absolute atomic E-state index is 0.0210. The quantitative estimate of drug-likeness (QED) is 0.767. The van der Waals surface area contributed by atoms with Gasteiger partial charge < -0.3 is 16.6 Å². The van der Waals surface area contributed by atoms with E-state index in [0.29, 0.717) is 17.8 Å². The van der Waals surface area contributed by atoms with E-state index in [1.54, 1.807) is 12.3 Å². The van der Waals surface area contributed by atoms with E-state index in [-0.39, 0.29) is 6.42 Å². The first kappa shape index (κ1) is 11.9. The van der Waals surface area contributed by atoms with Gasteiger partial charge in [0, 0.05) is 28.7 Å².